The van der Waals surface area contributed by atoms with Gasteiger partial charge in [0.25, 0.3) is 0 Å². The van der Waals surface area contributed by atoms with Crippen LogP contribution in [0.15, 0.2) is 18.2 Å². The Labute approximate surface area is 117 Å². The van der Waals surface area contributed by atoms with Crippen LogP contribution in [-0.2, 0) is 6.54 Å². The van der Waals surface area contributed by atoms with Crippen molar-refractivity contribution in [1.29, 1.82) is 0 Å². The quantitative estimate of drug-likeness (QED) is 0.852. The monoisotopic (exact) mass is 265 g/mol. The Balaban J connectivity index is 2.66. The normalized spacial score (nSPS) is 11.7. The van der Waals surface area contributed by atoms with Gasteiger partial charge < -0.3 is 14.8 Å². The molecule has 19 heavy (non-hydrogen) atoms. The molecule has 0 saturated carbocycles. The summed E-state index contributed by atoms with van der Waals surface area (Å²) in [6.07, 6.45) is 0.152. The maximum Gasteiger partial charge on any atom is 0.161 e. The topological polar surface area (TPSA) is 30.5 Å². The second-order valence-corrected chi connectivity index (χ2v) is 6.32. The summed E-state index contributed by atoms with van der Waals surface area (Å²) in [5.74, 6) is 1.60. The lowest BCUT2D eigenvalue weighted by molar-refractivity contribution is 0.230. The smallest absolute Gasteiger partial charge is 0.161 e. The molecule has 1 rings (SSSR count). The van der Waals surface area contributed by atoms with E-state index in [0.29, 0.717) is 5.41 Å². The van der Waals surface area contributed by atoms with Gasteiger partial charge in [0.15, 0.2) is 11.5 Å². The Kier molecular flexibility index (Phi) is 5.67. The number of hydrogen-bond acceptors (Lipinski definition) is 3. The van der Waals surface area contributed by atoms with Crippen molar-refractivity contribution in [3.63, 3.8) is 0 Å². The van der Waals surface area contributed by atoms with E-state index in [1.807, 2.05) is 26.0 Å². The maximum atomic E-state index is 5.70. The minimum Gasteiger partial charge on any atom is -0.493 e. The van der Waals surface area contributed by atoms with Gasteiger partial charge in [-0.1, -0.05) is 26.8 Å². The van der Waals surface area contributed by atoms with E-state index in [1.165, 1.54) is 5.56 Å². The number of ether oxygens (including phenoxy) is 2. The van der Waals surface area contributed by atoms with E-state index in [4.69, 9.17) is 9.47 Å². The zero-order valence-electron chi connectivity index (χ0n) is 13.0. The summed E-state index contributed by atoms with van der Waals surface area (Å²) in [5, 5.41) is 3.46. The molecule has 3 nitrogen and oxygen atoms in total. The lowest BCUT2D eigenvalue weighted by Crippen LogP contribution is -2.26. The second-order valence-electron chi connectivity index (χ2n) is 6.32. The molecule has 0 fully saturated rings. The predicted molar refractivity (Wildman–Crippen MR) is 79.9 cm³/mol. The summed E-state index contributed by atoms with van der Waals surface area (Å²) in [5.41, 5.74) is 1.50. The SMILES string of the molecule is COc1cc(CNCC(C)(C)C)ccc1OC(C)C. The predicted octanol–water partition coefficient (Wildman–Crippen LogP) is 3.62. The van der Waals surface area contributed by atoms with E-state index >= 15 is 0 Å². The molecule has 0 heterocycles. The molecule has 108 valence electrons. The van der Waals surface area contributed by atoms with E-state index in [-0.39, 0.29) is 6.10 Å². The number of methoxy groups -OCH3 is 1. The highest BCUT2D eigenvalue weighted by molar-refractivity contribution is 5.43. The molecule has 0 unspecified atom stereocenters. The Morgan fingerprint density at radius 2 is 1.84 bits per heavy atom. The summed E-state index contributed by atoms with van der Waals surface area (Å²) in [6, 6.07) is 6.09. The molecule has 0 saturated heterocycles. The number of hydrogen-bond donors (Lipinski definition) is 1. The number of nitrogens with one attached hydrogen (secondary N) is 1. The molecule has 0 aliphatic carbocycles. The van der Waals surface area contributed by atoms with Crippen molar-refractivity contribution in [2.45, 2.75) is 47.3 Å². The second kappa shape index (κ2) is 6.80. The third kappa shape index (κ3) is 5.97. The fourth-order valence-electron chi connectivity index (χ4n) is 1.76. The van der Waals surface area contributed by atoms with Crippen LogP contribution in [0.2, 0.25) is 0 Å². The summed E-state index contributed by atoms with van der Waals surface area (Å²) < 4.78 is 11.1. The van der Waals surface area contributed by atoms with Gasteiger partial charge in [0.1, 0.15) is 0 Å². The Bertz CT molecular complexity index is 394. The average molecular weight is 265 g/mol. The van der Waals surface area contributed by atoms with Crippen LogP contribution in [-0.4, -0.2) is 19.8 Å². The highest BCUT2D eigenvalue weighted by atomic mass is 16.5. The van der Waals surface area contributed by atoms with Crippen LogP contribution >= 0.6 is 0 Å². The Morgan fingerprint density at radius 1 is 1.16 bits per heavy atom. The van der Waals surface area contributed by atoms with Crippen molar-refractivity contribution < 1.29 is 9.47 Å². The van der Waals surface area contributed by atoms with Crippen molar-refractivity contribution in [1.82, 2.24) is 5.32 Å². The van der Waals surface area contributed by atoms with Gasteiger partial charge in [-0.25, -0.2) is 0 Å². The van der Waals surface area contributed by atoms with Gasteiger partial charge in [0.05, 0.1) is 13.2 Å². The molecule has 1 N–H and O–H groups in total. The van der Waals surface area contributed by atoms with Crippen LogP contribution in [0.25, 0.3) is 0 Å². The lowest BCUT2D eigenvalue weighted by Gasteiger charge is -2.19. The first kappa shape index (κ1) is 15.8. The molecular weight excluding hydrogens is 238 g/mol. The Morgan fingerprint density at radius 3 is 2.37 bits per heavy atom. The standard InChI is InChI=1S/C16H27NO2/c1-12(2)19-14-8-7-13(9-15(14)18-6)10-17-11-16(3,4)5/h7-9,12,17H,10-11H2,1-6H3. The summed E-state index contributed by atoms with van der Waals surface area (Å²) in [6.45, 7) is 12.5. The molecule has 3 heteroatoms. The first-order valence-electron chi connectivity index (χ1n) is 6.86. The van der Waals surface area contributed by atoms with Gasteiger partial charge in [-0.15, -0.1) is 0 Å². The zero-order valence-corrected chi connectivity index (χ0v) is 13.0. The minimum atomic E-state index is 0.152. The lowest BCUT2D eigenvalue weighted by atomic mass is 9.97. The molecule has 1 aromatic carbocycles. The molecule has 0 atom stereocenters. The molecule has 0 aliphatic rings. The van der Waals surface area contributed by atoms with E-state index in [0.717, 1.165) is 24.6 Å². The van der Waals surface area contributed by atoms with Gasteiger partial charge in [-0.3, -0.25) is 0 Å². The van der Waals surface area contributed by atoms with Gasteiger partial charge >= 0.3 is 0 Å². The van der Waals surface area contributed by atoms with Crippen LogP contribution in [0.5, 0.6) is 11.5 Å². The molecular formula is C16H27NO2. The Hall–Kier alpha value is -1.22. The van der Waals surface area contributed by atoms with Gasteiger partial charge in [0.2, 0.25) is 0 Å². The summed E-state index contributed by atoms with van der Waals surface area (Å²) >= 11 is 0. The summed E-state index contributed by atoms with van der Waals surface area (Å²) in [7, 11) is 1.68. The maximum absolute atomic E-state index is 5.70. The van der Waals surface area contributed by atoms with Crippen LogP contribution < -0.4 is 14.8 Å². The highest BCUT2D eigenvalue weighted by Gasteiger charge is 2.10. The van der Waals surface area contributed by atoms with Gasteiger partial charge in [-0.05, 0) is 37.0 Å². The molecule has 0 radical (unpaired) electrons. The minimum absolute atomic E-state index is 0.152. The van der Waals surface area contributed by atoms with Crippen molar-refractivity contribution in [3.8, 4) is 11.5 Å². The number of rotatable bonds is 6. The van der Waals surface area contributed by atoms with Crippen molar-refractivity contribution in [2.24, 2.45) is 5.41 Å². The van der Waals surface area contributed by atoms with Crippen LogP contribution in [0.1, 0.15) is 40.2 Å². The largest absolute Gasteiger partial charge is 0.493 e. The zero-order chi connectivity index (χ0) is 14.5. The average Bonchev–Trinajstić information content (AvgIpc) is 2.28. The fraction of sp³-hybridized carbons (Fsp3) is 0.625. The van der Waals surface area contributed by atoms with Crippen LogP contribution in [0, 0.1) is 5.41 Å². The fourth-order valence-corrected chi connectivity index (χ4v) is 1.76. The molecule has 1 aromatic rings. The van der Waals surface area contributed by atoms with E-state index in [1.54, 1.807) is 7.11 Å². The molecule has 0 amide bonds. The first-order chi connectivity index (χ1) is 8.81. The molecule has 0 bridgehead atoms. The highest BCUT2D eigenvalue weighted by Crippen LogP contribution is 2.29. The molecule has 0 spiro atoms. The first-order valence-corrected chi connectivity index (χ1v) is 6.86. The van der Waals surface area contributed by atoms with Gasteiger partial charge in [0, 0.05) is 13.1 Å². The molecule has 0 aliphatic heterocycles. The van der Waals surface area contributed by atoms with Gasteiger partial charge in [-0.2, -0.15) is 0 Å². The number of benzene rings is 1. The van der Waals surface area contributed by atoms with Crippen LogP contribution in [0.3, 0.4) is 0 Å². The van der Waals surface area contributed by atoms with E-state index in [2.05, 4.69) is 32.2 Å². The summed E-state index contributed by atoms with van der Waals surface area (Å²) in [4.78, 5) is 0. The van der Waals surface area contributed by atoms with Crippen molar-refractivity contribution in [2.75, 3.05) is 13.7 Å². The van der Waals surface area contributed by atoms with Crippen molar-refractivity contribution in [3.05, 3.63) is 23.8 Å². The third-order valence-electron chi connectivity index (χ3n) is 2.58. The molecule has 0 aromatic heterocycles. The van der Waals surface area contributed by atoms with Crippen LogP contribution in [0.4, 0.5) is 0 Å². The van der Waals surface area contributed by atoms with E-state index in [9.17, 15) is 0 Å². The van der Waals surface area contributed by atoms with E-state index < -0.39 is 0 Å². The van der Waals surface area contributed by atoms with Crippen molar-refractivity contribution >= 4 is 0 Å². The third-order valence-corrected chi connectivity index (χ3v) is 2.58.